The summed E-state index contributed by atoms with van der Waals surface area (Å²) in [7, 11) is 1.58. The highest BCUT2D eigenvalue weighted by Gasteiger charge is 2.15. The van der Waals surface area contributed by atoms with E-state index in [2.05, 4.69) is 10.3 Å². The molecule has 3 aromatic rings. The predicted octanol–water partition coefficient (Wildman–Crippen LogP) is 3.57. The number of aromatic hydroxyl groups is 1. The second-order valence-corrected chi connectivity index (χ2v) is 5.83. The molecular weight excluding hydrogens is 300 g/mol. The highest BCUT2D eigenvalue weighted by atomic mass is 32.1. The maximum absolute atomic E-state index is 12.3. The maximum Gasteiger partial charge on any atom is 0.261 e. The van der Waals surface area contributed by atoms with E-state index in [9.17, 15) is 9.90 Å². The highest BCUT2D eigenvalue weighted by molar-refractivity contribution is 7.22. The first-order valence-corrected chi connectivity index (χ1v) is 7.44. The van der Waals surface area contributed by atoms with Crippen molar-refractivity contribution in [3.05, 3.63) is 47.5 Å². The van der Waals surface area contributed by atoms with Crippen LogP contribution >= 0.6 is 11.3 Å². The van der Waals surface area contributed by atoms with E-state index in [1.54, 1.807) is 19.2 Å². The summed E-state index contributed by atoms with van der Waals surface area (Å²) in [6.07, 6.45) is 0. The molecule has 1 aromatic heterocycles. The minimum absolute atomic E-state index is 0.0539. The lowest BCUT2D eigenvalue weighted by molar-refractivity contribution is 0.102. The number of nitrogens with zero attached hydrogens (tertiary/aromatic N) is 1. The Balaban J connectivity index is 1.93. The molecule has 0 bridgehead atoms. The molecule has 22 heavy (non-hydrogen) atoms. The number of thiazole rings is 1. The molecule has 0 aliphatic rings. The number of aryl methyl sites for hydroxylation is 1. The van der Waals surface area contributed by atoms with Gasteiger partial charge in [-0.05, 0) is 31.2 Å². The van der Waals surface area contributed by atoms with Crippen LogP contribution in [0.4, 0.5) is 5.13 Å². The number of hydrogen-bond donors (Lipinski definition) is 2. The van der Waals surface area contributed by atoms with E-state index < -0.39 is 0 Å². The van der Waals surface area contributed by atoms with Gasteiger partial charge in [0.1, 0.15) is 17.0 Å². The molecule has 0 aliphatic heterocycles. The minimum atomic E-state index is -0.390. The summed E-state index contributed by atoms with van der Waals surface area (Å²) in [5, 5.41) is 13.0. The number of benzene rings is 2. The van der Waals surface area contributed by atoms with Crippen LogP contribution in [0.3, 0.4) is 0 Å². The summed E-state index contributed by atoms with van der Waals surface area (Å²) in [5.41, 5.74) is 1.83. The van der Waals surface area contributed by atoms with Crippen molar-refractivity contribution in [1.29, 1.82) is 0 Å². The average Bonchev–Trinajstić information content (AvgIpc) is 2.91. The fourth-order valence-corrected chi connectivity index (χ4v) is 3.02. The normalized spacial score (nSPS) is 10.6. The molecule has 1 heterocycles. The number of phenols is 1. The zero-order valence-corrected chi connectivity index (χ0v) is 12.9. The molecule has 0 radical (unpaired) electrons. The van der Waals surface area contributed by atoms with Crippen molar-refractivity contribution >= 4 is 32.6 Å². The molecule has 3 rings (SSSR count). The Morgan fingerprint density at radius 1 is 1.32 bits per heavy atom. The monoisotopic (exact) mass is 314 g/mol. The van der Waals surface area contributed by atoms with Crippen molar-refractivity contribution in [2.24, 2.45) is 0 Å². The molecular formula is C16H14N2O3S. The first kappa shape index (κ1) is 14.3. The third-order valence-electron chi connectivity index (χ3n) is 3.22. The van der Waals surface area contributed by atoms with Crippen LogP contribution in [0.25, 0.3) is 10.2 Å². The van der Waals surface area contributed by atoms with Gasteiger partial charge in [-0.2, -0.15) is 0 Å². The molecule has 0 saturated heterocycles. The van der Waals surface area contributed by atoms with E-state index in [-0.39, 0.29) is 17.2 Å². The number of amides is 1. The van der Waals surface area contributed by atoms with Gasteiger partial charge in [-0.25, -0.2) is 4.98 Å². The van der Waals surface area contributed by atoms with Gasteiger partial charge in [0.2, 0.25) is 0 Å². The van der Waals surface area contributed by atoms with Crippen LogP contribution in [-0.2, 0) is 0 Å². The predicted molar refractivity (Wildman–Crippen MR) is 87.0 cm³/mol. The zero-order chi connectivity index (χ0) is 15.7. The number of carbonyl (C=O) groups excluding carboxylic acids is 1. The van der Waals surface area contributed by atoms with Gasteiger partial charge in [0.05, 0.1) is 17.4 Å². The van der Waals surface area contributed by atoms with Gasteiger partial charge < -0.3 is 9.84 Å². The number of fused-ring (bicyclic) bond motifs is 1. The van der Waals surface area contributed by atoms with Crippen LogP contribution in [0, 0.1) is 6.92 Å². The summed E-state index contributed by atoms with van der Waals surface area (Å²) in [4.78, 5) is 16.7. The molecule has 0 aliphatic carbocycles. The first-order valence-electron chi connectivity index (χ1n) is 6.63. The molecule has 1 amide bonds. The fourth-order valence-electron chi connectivity index (χ4n) is 2.14. The van der Waals surface area contributed by atoms with Crippen molar-refractivity contribution < 1.29 is 14.6 Å². The molecule has 0 atom stereocenters. The van der Waals surface area contributed by atoms with E-state index in [1.807, 2.05) is 25.1 Å². The number of rotatable bonds is 3. The van der Waals surface area contributed by atoms with Gasteiger partial charge in [0, 0.05) is 0 Å². The zero-order valence-electron chi connectivity index (χ0n) is 12.1. The number of nitrogens with one attached hydrogen (secondary N) is 1. The number of methoxy groups -OCH3 is 1. The van der Waals surface area contributed by atoms with Crippen molar-refractivity contribution in [2.75, 3.05) is 12.4 Å². The van der Waals surface area contributed by atoms with E-state index >= 15 is 0 Å². The second-order valence-electron chi connectivity index (χ2n) is 4.80. The summed E-state index contributed by atoms with van der Waals surface area (Å²) in [5.74, 6) is 0.216. The SMILES string of the molecule is COc1cccc2sc(NC(=O)c3cc(C)ccc3O)nc12. The van der Waals surface area contributed by atoms with E-state index in [0.29, 0.717) is 16.4 Å². The molecule has 0 saturated carbocycles. The molecule has 0 spiro atoms. The van der Waals surface area contributed by atoms with Crippen LogP contribution in [0.2, 0.25) is 0 Å². The summed E-state index contributed by atoms with van der Waals surface area (Å²) in [6, 6.07) is 10.5. The fraction of sp³-hybridized carbons (Fsp3) is 0.125. The van der Waals surface area contributed by atoms with E-state index in [0.717, 1.165) is 10.3 Å². The van der Waals surface area contributed by atoms with Gasteiger partial charge in [-0.3, -0.25) is 10.1 Å². The van der Waals surface area contributed by atoms with Crippen LogP contribution < -0.4 is 10.1 Å². The molecule has 5 nitrogen and oxygen atoms in total. The van der Waals surface area contributed by atoms with Crippen LogP contribution in [0.5, 0.6) is 11.5 Å². The van der Waals surface area contributed by atoms with Crippen molar-refractivity contribution in [2.45, 2.75) is 6.92 Å². The van der Waals surface area contributed by atoms with Crippen molar-refractivity contribution in [3.63, 3.8) is 0 Å². The van der Waals surface area contributed by atoms with Gasteiger partial charge in [-0.1, -0.05) is 29.0 Å². The Morgan fingerprint density at radius 2 is 2.14 bits per heavy atom. The Morgan fingerprint density at radius 3 is 2.91 bits per heavy atom. The van der Waals surface area contributed by atoms with Crippen LogP contribution in [0.1, 0.15) is 15.9 Å². The Bertz CT molecular complexity index is 858. The summed E-state index contributed by atoms with van der Waals surface area (Å²) >= 11 is 1.36. The molecule has 0 unspecified atom stereocenters. The summed E-state index contributed by atoms with van der Waals surface area (Å²) in [6.45, 7) is 1.86. The number of para-hydroxylation sites is 1. The lowest BCUT2D eigenvalue weighted by Gasteiger charge is -2.05. The number of hydrogen-bond acceptors (Lipinski definition) is 5. The first-order chi connectivity index (χ1) is 10.6. The Labute approximate surface area is 131 Å². The minimum Gasteiger partial charge on any atom is -0.507 e. The smallest absolute Gasteiger partial charge is 0.261 e. The van der Waals surface area contributed by atoms with Crippen molar-refractivity contribution in [3.8, 4) is 11.5 Å². The maximum atomic E-state index is 12.3. The lowest BCUT2D eigenvalue weighted by Crippen LogP contribution is -2.12. The van der Waals surface area contributed by atoms with E-state index in [4.69, 9.17) is 4.74 Å². The Kier molecular flexibility index (Phi) is 3.68. The average molecular weight is 314 g/mol. The van der Waals surface area contributed by atoms with Crippen LogP contribution in [-0.4, -0.2) is 23.1 Å². The van der Waals surface area contributed by atoms with Gasteiger partial charge in [0.25, 0.3) is 5.91 Å². The third-order valence-corrected chi connectivity index (χ3v) is 4.16. The van der Waals surface area contributed by atoms with Crippen molar-refractivity contribution in [1.82, 2.24) is 4.98 Å². The molecule has 2 aromatic carbocycles. The number of carbonyl (C=O) groups is 1. The largest absolute Gasteiger partial charge is 0.507 e. The number of phenolic OH excluding ortho intramolecular Hbond substituents is 1. The molecule has 2 N–H and O–H groups in total. The number of aromatic nitrogens is 1. The van der Waals surface area contributed by atoms with Gasteiger partial charge >= 0.3 is 0 Å². The summed E-state index contributed by atoms with van der Waals surface area (Å²) < 4.78 is 6.18. The standard InChI is InChI=1S/C16H14N2O3S/c1-9-6-7-11(19)10(8-9)15(20)18-16-17-14-12(21-2)4-3-5-13(14)22-16/h3-8,19H,1-2H3,(H,17,18,20). The van der Waals surface area contributed by atoms with Gasteiger partial charge in [-0.15, -0.1) is 0 Å². The molecule has 112 valence electrons. The molecule has 6 heteroatoms. The highest BCUT2D eigenvalue weighted by Crippen LogP contribution is 2.32. The third kappa shape index (κ3) is 2.60. The molecule has 0 fully saturated rings. The lowest BCUT2D eigenvalue weighted by atomic mass is 10.1. The second kappa shape index (κ2) is 5.65. The topological polar surface area (TPSA) is 71.5 Å². The number of ether oxygens (including phenoxy) is 1. The van der Waals surface area contributed by atoms with Crippen LogP contribution in [0.15, 0.2) is 36.4 Å². The van der Waals surface area contributed by atoms with Gasteiger partial charge in [0.15, 0.2) is 5.13 Å². The quantitative estimate of drug-likeness (QED) is 0.775. The Hall–Kier alpha value is -2.60. The van der Waals surface area contributed by atoms with E-state index in [1.165, 1.54) is 17.4 Å². The number of anilines is 1.